The van der Waals surface area contributed by atoms with Crippen molar-refractivity contribution >= 4 is 21.4 Å². The molecule has 1 atom stereocenters. The first kappa shape index (κ1) is 14.4. The van der Waals surface area contributed by atoms with Crippen molar-refractivity contribution in [3.05, 3.63) is 15.4 Å². The molecule has 0 fully saturated rings. The number of aliphatic hydroxyl groups is 1. The van der Waals surface area contributed by atoms with Gasteiger partial charge in [-0.05, 0) is 26.7 Å². The number of sulfonamides is 1. The van der Waals surface area contributed by atoms with Crippen molar-refractivity contribution < 1.29 is 13.5 Å². The highest BCUT2D eigenvalue weighted by Gasteiger charge is 2.22. The third-order valence-electron chi connectivity index (χ3n) is 2.18. The first-order valence-corrected chi connectivity index (χ1v) is 7.49. The molecule has 1 heterocycles. The number of hydrogen-bond donors (Lipinski definition) is 3. The van der Waals surface area contributed by atoms with Crippen LogP contribution in [0, 0.1) is 6.92 Å². The monoisotopic (exact) mass is 280 g/mol. The molecule has 8 heteroatoms. The first-order chi connectivity index (χ1) is 7.86. The van der Waals surface area contributed by atoms with Crippen LogP contribution in [-0.2, 0) is 10.0 Å². The van der Waals surface area contributed by atoms with Crippen LogP contribution in [0.15, 0.2) is 9.00 Å². The molecule has 0 saturated heterocycles. The van der Waals surface area contributed by atoms with Crippen molar-refractivity contribution in [3.8, 4) is 0 Å². The Morgan fingerprint density at radius 3 is 2.65 bits per heavy atom. The maximum Gasteiger partial charge on any atom is 0.305 e. The zero-order chi connectivity index (χ0) is 13.1. The van der Waals surface area contributed by atoms with Crippen molar-refractivity contribution in [1.29, 1.82) is 0 Å². The van der Waals surface area contributed by atoms with Crippen LogP contribution in [-0.4, -0.2) is 31.2 Å². The number of thiazole rings is 1. The fourth-order valence-electron chi connectivity index (χ4n) is 1.42. The van der Waals surface area contributed by atoms with Crippen LogP contribution >= 0.6 is 11.3 Å². The van der Waals surface area contributed by atoms with Crippen LogP contribution in [0.1, 0.15) is 25.5 Å². The molecule has 98 valence electrons. The summed E-state index contributed by atoms with van der Waals surface area (Å²) in [5, 5.41) is 8.66. The molecule has 1 aromatic rings. The van der Waals surface area contributed by atoms with Crippen LogP contribution in [0.5, 0.6) is 0 Å². The van der Waals surface area contributed by atoms with Gasteiger partial charge >= 0.3 is 4.87 Å². The normalized spacial score (nSPS) is 13.8. The minimum absolute atomic E-state index is 0.0262. The van der Waals surface area contributed by atoms with Crippen molar-refractivity contribution in [1.82, 2.24) is 9.71 Å². The summed E-state index contributed by atoms with van der Waals surface area (Å²) in [5.41, 5.74) is 0.349. The predicted molar refractivity (Wildman–Crippen MR) is 65.8 cm³/mol. The van der Waals surface area contributed by atoms with Crippen LogP contribution in [0.2, 0.25) is 0 Å². The van der Waals surface area contributed by atoms with Gasteiger partial charge in [-0.2, -0.15) is 0 Å². The molecule has 0 aromatic carbocycles. The van der Waals surface area contributed by atoms with Gasteiger partial charge in [-0.15, -0.1) is 0 Å². The lowest BCUT2D eigenvalue weighted by atomic mass is 10.2. The maximum atomic E-state index is 11.9. The molecule has 0 spiro atoms. The number of aromatic amines is 1. The van der Waals surface area contributed by atoms with E-state index in [9.17, 15) is 13.2 Å². The van der Waals surface area contributed by atoms with E-state index >= 15 is 0 Å². The maximum absolute atomic E-state index is 11.9. The lowest BCUT2D eigenvalue weighted by Crippen LogP contribution is -2.32. The van der Waals surface area contributed by atoms with Crippen LogP contribution in [0.4, 0.5) is 0 Å². The summed E-state index contributed by atoms with van der Waals surface area (Å²) in [5.74, 6) is 0. The molecule has 17 heavy (non-hydrogen) atoms. The number of aromatic nitrogens is 1. The van der Waals surface area contributed by atoms with E-state index in [1.54, 1.807) is 13.8 Å². The lowest BCUT2D eigenvalue weighted by Gasteiger charge is -2.12. The van der Waals surface area contributed by atoms with Gasteiger partial charge in [0.1, 0.15) is 0 Å². The first-order valence-electron chi connectivity index (χ1n) is 5.19. The molecule has 0 radical (unpaired) electrons. The van der Waals surface area contributed by atoms with Crippen molar-refractivity contribution in [2.45, 2.75) is 36.9 Å². The Morgan fingerprint density at radius 2 is 2.18 bits per heavy atom. The molecular formula is C9H16N2O4S2. The number of aliphatic hydroxyl groups excluding tert-OH is 1. The predicted octanol–water partition coefficient (Wildman–Crippen LogP) is 0.184. The molecule has 0 amide bonds. The second kappa shape index (κ2) is 5.76. The minimum Gasteiger partial charge on any atom is -0.396 e. The molecule has 3 N–H and O–H groups in total. The van der Waals surface area contributed by atoms with Gasteiger partial charge in [0.25, 0.3) is 10.0 Å². The highest BCUT2D eigenvalue weighted by molar-refractivity contribution is 7.91. The van der Waals surface area contributed by atoms with E-state index in [-0.39, 0.29) is 21.7 Å². The lowest BCUT2D eigenvalue weighted by molar-refractivity contribution is 0.279. The number of rotatable bonds is 6. The van der Waals surface area contributed by atoms with E-state index in [1.165, 1.54) is 0 Å². The molecule has 0 bridgehead atoms. The highest BCUT2D eigenvalue weighted by atomic mass is 32.2. The number of H-pyrrole nitrogens is 1. The molecule has 0 aliphatic rings. The van der Waals surface area contributed by atoms with E-state index < -0.39 is 10.0 Å². The van der Waals surface area contributed by atoms with Gasteiger partial charge in [-0.1, -0.05) is 11.3 Å². The fourth-order valence-corrected chi connectivity index (χ4v) is 4.02. The molecule has 1 unspecified atom stereocenters. The zero-order valence-electron chi connectivity index (χ0n) is 9.69. The third kappa shape index (κ3) is 3.91. The van der Waals surface area contributed by atoms with Gasteiger partial charge in [0, 0.05) is 18.3 Å². The Kier molecular flexibility index (Phi) is 4.87. The second-order valence-corrected chi connectivity index (χ2v) is 6.71. The zero-order valence-corrected chi connectivity index (χ0v) is 11.3. The van der Waals surface area contributed by atoms with Gasteiger partial charge in [0.05, 0.1) is 0 Å². The Balaban J connectivity index is 2.82. The van der Waals surface area contributed by atoms with E-state index in [1.807, 2.05) is 0 Å². The van der Waals surface area contributed by atoms with E-state index in [4.69, 9.17) is 5.11 Å². The molecule has 1 aromatic heterocycles. The summed E-state index contributed by atoms with van der Waals surface area (Å²) in [4.78, 5) is 13.1. The molecular weight excluding hydrogens is 264 g/mol. The molecule has 0 saturated carbocycles. The van der Waals surface area contributed by atoms with Crippen molar-refractivity contribution in [2.75, 3.05) is 6.61 Å². The van der Waals surface area contributed by atoms with E-state index in [2.05, 4.69) is 9.71 Å². The van der Waals surface area contributed by atoms with Crippen LogP contribution in [0.25, 0.3) is 0 Å². The van der Waals surface area contributed by atoms with E-state index in [0.29, 0.717) is 29.9 Å². The van der Waals surface area contributed by atoms with Crippen LogP contribution < -0.4 is 9.60 Å². The SMILES string of the molecule is Cc1[nH]c(=O)sc1S(=O)(=O)NC(C)CCCO. The second-order valence-electron chi connectivity index (χ2n) is 3.82. The van der Waals surface area contributed by atoms with Crippen molar-refractivity contribution in [3.63, 3.8) is 0 Å². The average molecular weight is 280 g/mol. The van der Waals surface area contributed by atoms with Gasteiger partial charge < -0.3 is 10.1 Å². The number of hydrogen-bond acceptors (Lipinski definition) is 5. The fraction of sp³-hybridized carbons (Fsp3) is 0.667. The molecule has 1 rings (SSSR count). The quantitative estimate of drug-likeness (QED) is 0.692. The largest absolute Gasteiger partial charge is 0.396 e. The van der Waals surface area contributed by atoms with Gasteiger partial charge in [0.15, 0.2) is 4.21 Å². The van der Waals surface area contributed by atoms with E-state index in [0.717, 1.165) is 0 Å². The summed E-state index contributed by atoms with van der Waals surface area (Å²) in [6.07, 6.45) is 1.08. The summed E-state index contributed by atoms with van der Waals surface area (Å²) >= 11 is 0.676. The van der Waals surface area contributed by atoms with Gasteiger partial charge in [-0.3, -0.25) is 4.79 Å². The molecule has 0 aliphatic heterocycles. The van der Waals surface area contributed by atoms with Gasteiger partial charge in [0.2, 0.25) is 0 Å². The summed E-state index contributed by atoms with van der Waals surface area (Å²) < 4.78 is 26.3. The third-order valence-corrected chi connectivity index (χ3v) is 5.37. The summed E-state index contributed by atoms with van der Waals surface area (Å²) in [6.45, 7) is 3.30. The average Bonchev–Trinajstić information content (AvgIpc) is 2.55. The Morgan fingerprint density at radius 1 is 1.53 bits per heavy atom. The molecule has 6 nitrogen and oxygen atoms in total. The van der Waals surface area contributed by atoms with Gasteiger partial charge in [-0.25, -0.2) is 13.1 Å². The topological polar surface area (TPSA) is 99.3 Å². The Hall–Kier alpha value is -0.700. The summed E-state index contributed by atoms with van der Waals surface area (Å²) in [6, 6.07) is -0.274. The van der Waals surface area contributed by atoms with Crippen molar-refractivity contribution in [2.24, 2.45) is 0 Å². The Labute approximate surface area is 104 Å². The van der Waals surface area contributed by atoms with Crippen LogP contribution in [0.3, 0.4) is 0 Å². The smallest absolute Gasteiger partial charge is 0.305 e. The Bertz CT molecular complexity index is 517. The number of nitrogens with one attached hydrogen (secondary N) is 2. The number of aryl methyl sites for hydroxylation is 1. The minimum atomic E-state index is -3.64. The standard InChI is InChI=1S/C9H16N2O4S2/c1-6(4-3-5-12)11-17(14,15)8-7(2)10-9(13)16-8/h6,11-12H,3-5H2,1-2H3,(H,10,13). The molecule has 0 aliphatic carbocycles. The summed E-state index contributed by atoms with van der Waals surface area (Å²) in [7, 11) is -3.64. The highest BCUT2D eigenvalue weighted by Crippen LogP contribution is 2.16.